The molecule has 0 atom stereocenters. The maximum atomic E-state index is 13.0. The molecule has 0 aliphatic carbocycles. The molecule has 4 heteroatoms. The van der Waals surface area contributed by atoms with Gasteiger partial charge >= 0.3 is 5.97 Å². The van der Waals surface area contributed by atoms with Crippen LogP contribution >= 0.6 is 0 Å². The van der Waals surface area contributed by atoms with Gasteiger partial charge in [0.2, 0.25) is 0 Å². The van der Waals surface area contributed by atoms with Gasteiger partial charge in [0.1, 0.15) is 5.82 Å². The molecule has 0 aliphatic rings. The van der Waals surface area contributed by atoms with Crippen LogP contribution in [-0.4, -0.2) is 17.0 Å². The number of nitrogens with zero attached hydrogens (tertiary/aromatic N) is 1. The van der Waals surface area contributed by atoms with E-state index < -0.39 is 5.97 Å². The molecule has 2 rings (SSSR count). The van der Waals surface area contributed by atoms with Crippen LogP contribution in [0.3, 0.4) is 0 Å². The van der Waals surface area contributed by atoms with Gasteiger partial charge in [-0.3, -0.25) is 0 Å². The van der Waals surface area contributed by atoms with E-state index in [1.807, 2.05) is 0 Å². The topological polar surface area (TPSA) is 30.7 Å². The molecule has 0 spiro atoms. The molecule has 2 aromatic rings. The predicted octanol–water partition coefficient (Wildman–Crippen LogP) is 2.26. The van der Waals surface area contributed by atoms with E-state index in [4.69, 9.17) is 4.74 Å². The van der Waals surface area contributed by atoms with E-state index in [0.717, 1.165) is 0 Å². The first-order valence-corrected chi connectivity index (χ1v) is 4.65. The van der Waals surface area contributed by atoms with E-state index in [1.54, 1.807) is 29.8 Å². The monoisotopic (exact) mass is 207 g/mol. The van der Waals surface area contributed by atoms with Crippen LogP contribution in [0.25, 0.3) is 5.52 Å². The van der Waals surface area contributed by atoms with Gasteiger partial charge in [-0.25, -0.2) is 9.18 Å². The zero-order valence-corrected chi connectivity index (χ0v) is 8.24. The number of carbonyl (C=O) groups excluding carboxylic acids is 1. The van der Waals surface area contributed by atoms with Gasteiger partial charge in [-0.2, -0.15) is 0 Å². The number of esters is 1. The number of aromatic nitrogens is 1. The van der Waals surface area contributed by atoms with E-state index in [-0.39, 0.29) is 5.82 Å². The van der Waals surface area contributed by atoms with Crippen molar-refractivity contribution in [3.05, 3.63) is 42.0 Å². The summed E-state index contributed by atoms with van der Waals surface area (Å²) >= 11 is 0. The van der Waals surface area contributed by atoms with Crippen molar-refractivity contribution in [3.63, 3.8) is 0 Å². The standard InChI is InChI=1S/C11H10FNO2/c1-2-15-11(14)9-4-6-13-5-3-8(12)7-10(9)13/h3-7H,2H2,1H3. The third kappa shape index (κ3) is 1.70. The summed E-state index contributed by atoms with van der Waals surface area (Å²) in [6.07, 6.45) is 3.26. The maximum absolute atomic E-state index is 13.0. The highest BCUT2D eigenvalue weighted by Gasteiger charge is 2.12. The Labute approximate surface area is 86.1 Å². The zero-order chi connectivity index (χ0) is 10.8. The van der Waals surface area contributed by atoms with Crippen molar-refractivity contribution in [2.24, 2.45) is 0 Å². The number of halogens is 1. The third-order valence-electron chi connectivity index (χ3n) is 2.12. The largest absolute Gasteiger partial charge is 0.462 e. The van der Waals surface area contributed by atoms with E-state index in [0.29, 0.717) is 17.7 Å². The van der Waals surface area contributed by atoms with Crippen molar-refractivity contribution >= 4 is 11.5 Å². The van der Waals surface area contributed by atoms with E-state index >= 15 is 0 Å². The van der Waals surface area contributed by atoms with Crippen molar-refractivity contribution in [3.8, 4) is 0 Å². The highest BCUT2D eigenvalue weighted by Crippen LogP contribution is 2.15. The second-order valence-corrected chi connectivity index (χ2v) is 3.09. The number of hydrogen-bond acceptors (Lipinski definition) is 2. The van der Waals surface area contributed by atoms with Gasteiger partial charge in [0.15, 0.2) is 0 Å². The van der Waals surface area contributed by atoms with E-state index in [1.165, 1.54) is 12.1 Å². The van der Waals surface area contributed by atoms with E-state index in [9.17, 15) is 9.18 Å². The molecule has 0 fully saturated rings. The number of pyridine rings is 1. The summed E-state index contributed by atoms with van der Waals surface area (Å²) in [5.41, 5.74) is 0.907. The normalized spacial score (nSPS) is 10.5. The minimum absolute atomic E-state index is 0.311. The lowest BCUT2D eigenvalue weighted by atomic mass is 10.2. The first-order valence-electron chi connectivity index (χ1n) is 4.65. The Morgan fingerprint density at radius 2 is 2.20 bits per heavy atom. The number of rotatable bonds is 2. The summed E-state index contributed by atoms with van der Waals surface area (Å²) in [6.45, 7) is 2.04. The molecular weight excluding hydrogens is 197 g/mol. The molecule has 0 radical (unpaired) electrons. The highest BCUT2D eigenvalue weighted by molar-refractivity contribution is 5.97. The minimum Gasteiger partial charge on any atom is -0.462 e. The van der Waals surface area contributed by atoms with Gasteiger partial charge in [-0.15, -0.1) is 0 Å². The molecule has 0 bridgehead atoms. The van der Waals surface area contributed by atoms with Crippen LogP contribution < -0.4 is 0 Å². The second kappa shape index (κ2) is 3.73. The lowest BCUT2D eigenvalue weighted by Gasteiger charge is -2.00. The van der Waals surface area contributed by atoms with Gasteiger partial charge in [-0.1, -0.05) is 0 Å². The summed E-state index contributed by atoms with van der Waals surface area (Å²) in [4.78, 5) is 11.5. The van der Waals surface area contributed by atoms with Gasteiger partial charge in [0.05, 0.1) is 17.7 Å². The summed E-state index contributed by atoms with van der Waals surface area (Å²) in [5, 5.41) is 0. The van der Waals surface area contributed by atoms with Gasteiger partial charge in [0, 0.05) is 12.4 Å². The Bertz CT molecular complexity index is 504. The molecule has 0 saturated heterocycles. The first-order chi connectivity index (χ1) is 7.22. The van der Waals surface area contributed by atoms with Crippen LogP contribution in [-0.2, 0) is 4.74 Å². The Balaban J connectivity index is 2.52. The third-order valence-corrected chi connectivity index (χ3v) is 2.12. The molecule has 0 unspecified atom stereocenters. The van der Waals surface area contributed by atoms with Crippen molar-refractivity contribution in [2.45, 2.75) is 6.92 Å². The zero-order valence-electron chi connectivity index (χ0n) is 8.24. The number of carbonyl (C=O) groups is 1. The summed E-state index contributed by atoms with van der Waals surface area (Å²) in [7, 11) is 0. The van der Waals surface area contributed by atoms with Gasteiger partial charge < -0.3 is 9.14 Å². The van der Waals surface area contributed by atoms with Crippen molar-refractivity contribution in [2.75, 3.05) is 6.61 Å². The van der Waals surface area contributed by atoms with Crippen LogP contribution in [0, 0.1) is 5.82 Å². The number of fused-ring (bicyclic) bond motifs is 1. The molecule has 3 nitrogen and oxygen atoms in total. The van der Waals surface area contributed by atoms with Crippen LogP contribution in [0.15, 0.2) is 30.6 Å². The van der Waals surface area contributed by atoms with Crippen molar-refractivity contribution in [1.29, 1.82) is 0 Å². The van der Waals surface area contributed by atoms with Crippen molar-refractivity contribution in [1.82, 2.24) is 4.40 Å². The summed E-state index contributed by atoms with van der Waals surface area (Å²) in [6, 6.07) is 4.26. The first kappa shape index (κ1) is 9.71. The molecule has 78 valence electrons. The lowest BCUT2D eigenvalue weighted by molar-refractivity contribution is 0.0529. The summed E-state index contributed by atoms with van der Waals surface area (Å²) < 4.78 is 19.5. The Morgan fingerprint density at radius 3 is 2.93 bits per heavy atom. The molecular formula is C11H10FNO2. The van der Waals surface area contributed by atoms with Crippen molar-refractivity contribution < 1.29 is 13.9 Å². The van der Waals surface area contributed by atoms with Crippen LogP contribution in [0.2, 0.25) is 0 Å². The molecule has 0 saturated carbocycles. The van der Waals surface area contributed by atoms with Gasteiger partial charge in [0.25, 0.3) is 0 Å². The fourth-order valence-corrected chi connectivity index (χ4v) is 1.45. The molecule has 0 aliphatic heterocycles. The molecule has 0 aromatic carbocycles. The quantitative estimate of drug-likeness (QED) is 0.707. The fourth-order valence-electron chi connectivity index (χ4n) is 1.45. The highest BCUT2D eigenvalue weighted by atomic mass is 19.1. The van der Waals surface area contributed by atoms with Crippen LogP contribution in [0.4, 0.5) is 4.39 Å². The smallest absolute Gasteiger partial charge is 0.340 e. The predicted molar refractivity (Wildman–Crippen MR) is 53.3 cm³/mol. The SMILES string of the molecule is CCOC(=O)c1ccn2ccc(F)cc12. The Hall–Kier alpha value is -1.84. The van der Waals surface area contributed by atoms with Crippen LogP contribution in [0.5, 0.6) is 0 Å². The maximum Gasteiger partial charge on any atom is 0.340 e. The van der Waals surface area contributed by atoms with Crippen LogP contribution in [0.1, 0.15) is 17.3 Å². The Kier molecular flexibility index (Phi) is 2.41. The lowest BCUT2D eigenvalue weighted by Crippen LogP contribution is -2.04. The molecule has 2 heterocycles. The van der Waals surface area contributed by atoms with E-state index in [2.05, 4.69) is 0 Å². The van der Waals surface area contributed by atoms with Gasteiger partial charge in [-0.05, 0) is 25.1 Å². The molecule has 2 aromatic heterocycles. The molecule has 15 heavy (non-hydrogen) atoms. The average Bonchev–Trinajstić information content (AvgIpc) is 2.60. The average molecular weight is 207 g/mol. The molecule has 0 amide bonds. The number of ether oxygens (including phenoxy) is 1. The second-order valence-electron chi connectivity index (χ2n) is 3.09. The summed E-state index contributed by atoms with van der Waals surface area (Å²) in [5.74, 6) is -0.794. The minimum atomic E-state index is -0.425. The Morgan fingerprint density at radius 1 is 1.47 bits per heavy atom. The number of hydrogen-bond donors (Lipinski definition) is 0. The molecule has 0 N–H and O–H groups in total. The fraction of sp³-hybridized carbons (Fsp3) is 0.182.